The van der Waals surface area contributed by atoms with Gasteiger partial charge in [0.2, 0.25) is 0 Å². The summed E-state index contributed by atoms with van der Waals surface area (Å²) < 4.78 is 5.39. The second-order valence-corrected chi connectivity index (χ2v) is 4.25. The van der Waals surface area contributed by atoms with E-state index in [1.807, 2.05) is 32.9 Å². The van der Waals surface area contributed by atoms with Gasteiger partial charge in [-0.05, 0) is 45.9 Å². The monoisotopic (exact) mass is 197 g/mol. The Morgan fingerprint density at radius 2 is 2.14 bits per heavy atom. The van der Waals surface area contributed by atoms with E-state index in [0.717, 1.165) is 31.0 Å². The third-order valence-corrected chi connectivity index (χ3v) is 2.01. The topological polar surface area (TPSA) is 45.4 Å². The van der Waals surface area contributed by atoms with Crippen molar-refractivity contribution in [2.75, 3.05) is 6.54 Å². The van der Waals surface area contributed by atoms with Crippen LogP contribution >= 0.6 is 0 Å². The molecule has 0 aromatic carbocycles. The Morgan fingerprint density at radius 3 is 2.64 bits per heavy atom. The molecule has 0 atom stereocenters. The van der Waals surface area contributed by atoms with E-state index in [9.17, 15) is 5.11 Å². The molecule has 0 saturated carbocycles. The lowest BCUT2D eigenvalue weighted by molar-refractivity contribution is 0.0709. The van der Waals surface area contributed by atoms with Crippen molar-refractivity contribution in [3.63, 3.8) is 0 Å². The lowest BCUT2D eigenvalue weighted by atomic mass is 10.1. The number of rotatable bonds is 5. The molecule has 1 aromatic heterocycles. The maximum absolute atomic E-state index is 9.46. The Balaban J connectivity index is 2.16. The van der Waals surface area contributed by atoms with Gasteiger partial charge in [-0.15, -0.1) is 0 Å². The summed E-state index contributed by atoms with van der Waals surface area (Å²) in [5.41, 5.74) is -0.591. The molecule has 1 heterocycles. The number of furan rings is 1. The zero-order chi connectivity index (χ0) is 10.6. The van der Waals surface area contributed by atoms with Crippen molar-refractivity contribution in [1.82, 2.24) is 5.32 Å². The minimum Gasteiger partial charge on any atom is -0.465 e. The van der Waals surface area contributed by atoms with E-state index in [1.165, 1.54) is 0 Å². The van der Waals surface area contributed by atoms with E-state index in [0.29, 0.717) is 0 Å². The molecule has 0 aliphatic rings. The van der Waals surface area contributed by atoms with Crippen LogP contribution < -0.4 is 5.32 Å². The van der Waals surface area contributed by atoms with E-state index in [2.05, 4.69) is 5.32 Å². The van der Waals surface area contributed by atoms with Gasteiger partial charge in [0.25, 0.3) is 0 Å². The number of hydrogen-bond acceptors (Lipinski definition) is 3. The Kier molecular flexibility index (Phi) is 3.72. The molecule has 14 heavy (non-hydrogen) atoms. The molecule has 0 aliphatic heterocycles. The summed E-state index contributed by atoms with van der Waals surface area (Å²) in [6, 6.07) is 3.92. The number of hydrogen-bond donors (Lipinski definition) is 2. The standard InChI is InChI=1S/C11H19NO2/c1-9-4-5-10(14-9)8-12-7-6-11(2,3)13/h4-5,12-13H,6-8H2,1-3H3. The zero-order valence-electron chi connectivity index (χ0n) is 9.13. The summed E-state index contributed by atoms with van der Waals surface area (Å²) in [6.45, 7) is 7.07. The molecular weight excluding hydrogens is 178 g/mol. The Morgan fingerprint density at radius 1 is 1.43 bits per heavy atom. The van der Waals surface area contributed by atoms with E-state index >= 15 is 0 Å². The second kappa shape index (κ2) is 4.62. The SMILES string of the molecule is Cc1ccc(CNCCC(C)(C)O)o1. The van der Waals surface area contributed by atoms with Crippen LogP contribution in [0, 0.1) is 6.92 Å². The largest absolute Gasteiger partial charge is 0.465 e. The van der Waals surface area contributed by atoms with Gasteiger partial charge in [-0.1, -0.05) is 0 Å². The molecule has 0 saturated heterocycles. The smallest absolute Gasteiger partial charge is 0.117 e. The number of aryl methyl sites for hydroxylation is 1. The van der Waals surface area contributed by atoms with Crippen LogP contribution in [0.1, 0.15) is 31.8 Å². The average Bonchev–Trinajstić information content (AvgIpc) is 2.44. The van der Waals surface area contributed by atoms with Crippen LogP contribution in [-0.4, -0.2) is 17.3 Å². The normalized spacial score (nSPS) is 12.0. The fourth-order valence-corrected chi connectivity index (χ4v) is 1.19. The quantitative estimate of drug-likeness (QED) is 0.708. The Labute approximate surface area is 85.1 Å². The summed E-state index contributed by atoms with van der Waals surface area (Å²) >= 11 is 0. The maximum Gasteiger partial charge on any atom is 0.117 e. The highest BCUT2D eigenvalue weighted by Crippen LogP contribution is 2.07. The van der Waals surface area contributed by atoms with Gasteiger partial charge in [0.15, 0.2) is 0 Å². The first-order valence-electron chi connectivity index (χ1n) is 4.96. The minimum atomic E-state index is -0.591. The first-order chi connectivity index (χ1) is 6.47. The third-order valence-electron chi connectivity index (χ3n) is 2.01. The van der Waals surface area contributed by atoms with Gasteiger partial charge in [0.05, 0.1) is 12.1 Å². The summed E-state index contributed by atoms with van der Waals surface area (Å²) in [7, 11) is 0. The number of aliphatic hydroxyl groups is 1. The van der Waals surface area contributed by atoms with E-state index in [4.69, 9.17) is 4.42 Å². The molecule has 3 nitrogen and oxygen atoms in total. The fraction of sp³-hybridized carbons (Fsp3) is 0.636. The highest BCUT2D eigenvalue weighted by molar-refractivity contribution is 5.05. The Hall–Kier alpha value is -0.800. The summed E-state index contributed by atoms with van der Waals surface area (Å²) in [5, 5.41) is 12.7. The first kappa shape index (κ1) is 11.3. The minimum absolute atomic E-state index is 0.591. The summed E-state index contributed by atoms with van der Waals surface area (Å²) in [4.78, 5) is 0. The van der Waals surface area contributed by atoms with Gasteiger partial charge in [-0.2, -0.15) is 0 Å². The van der Waals surface area contributed by atoms with Crippen molar-refractivity contribution in [2.24, 2.45) is 0 Å². The molecule has 0 radical (unpaired) electrons. The lowest BCUT2D eigenvalue weighted by Crippen LogP contribution is -2.26. The number of nitrogens with one attached hydrogen (secondary N) is 1. The van der Waals surface area contributed by atoms with E-state index in [-0.39, 0.29) is 0 Å². The molecule has 0 spiro atoms. The molecule has 0 aliphatic carbocycles. The molecule has 3 heteroatoms. The van der Waals surface area contributed by atoms with Crippen LogP contribution in [0.25, 0.3) is 0 Å². The molecule has 0 amide bonds. The van der Waals surface area contributed by atoms with Crippen molar-refractivity contribution >= 4 is 0 Å². The molecule has 80 valence electrons. The molecule has 0 bridgehead atoms. The van der Waals surface area contributed by atoms with Crippen molar-refractivity contribution in [3.8, 4) is 0 Å². The van der Waals surface area contributed by atoms with Crippen molar-refractivity contribution < 1.29 is 9.52 Å². The zero-order valence-corrected chi connectivity index (χ0v) is 9.13. The fourth-order valence-electron chi connectivity index (χ4n) is 1.19. The first-order valence-corrected chi connectivity index (χ1v) is 4.96. The lowest BCUT2D eigenvalue weighted by Gasteiger charge is -2.16. The van der Waals surface area contributed by atoms with Crippen LogP contribution in [0.5, 0.6) is 0 Å². The van der Waals surface area contributed by atoms with Gasteiger partial charge in [0, 0.05) is 0 Å². The average molecular weight is 197 g/mol. The van der Waals surface area contributed by atoms with Crippen LogP contribution in [0.4, 0.5) is 0 Å². The van der Waals surface area contributed by atoms with Crippen molar-refractivity contribution in [2.45, 2.75) is 39.3 Å². The van der Waals surface area contributed by atoms with Crippen LogP contribution in [0.15, 0.2) is 16.5 Å². The molecule has 0 fully saturated rings. The third kappa shape index (κ3) is 4.44. The molecule has 1 rings (SSSR count). The maximum atomic E-state index is 9.46. The van der Waals surface area contributed by atoms with Crippen LogP contribution in [-0.2, 0) is 6.54 Å². The van der Waals surface area contributed by atoms with E-state index in [1.54, 1.807) is 0 Å². The van der Waals surface area contributed by atoms with Gasteiger partial charge >= 0.3 is 0 Å². The predicted molar refractivity (Wildman–Crippen MR) is 56.1 cm³/mol. The Bertz CT molecular complexity index is 273. The molecule has 1 aromatic rings. The molecule has 0 unspecified atom stereocenters. The second-order valence-electron chi connectivity index (χ2n) is 4.25. The van der Waals surface area contributed by atoms with Crippen LogP contribution in [0.2, 0.25) is 0 Å². The van der Waals surface area contributed by atoms with Crippen molar-refractivity contribution in [3.05, 3.63) is 23.7 Å². The highest BCUT2D eigenvalue weighted by Gasteiger charge is 2.10. The summed E-state index contributed by atoms with van der Waals surface area (Å²) in [6.07, 6.45) is 0.743. The van der Waals surface area contributed by atoms with E-state index < -0.39 is 5.60 Å². The van der Waals surface area contributed by atoms with Crippen molar-refractivity contribution in [1.29, 1.82) is 0 Å². The van der Waals surface area contributed by atoms with Gasteiger partial charge in [0.1, 0.15) is 11.5 Å². The van der Waals surface area contributed by atoms with Gasteiger partial charge < -0.3 is 14.8 Å². The summed E-state index contributed by atoms with van der Waals surface area (Å²) in [5.74, 6) is 1.88. The van der Waals surface area contributed by atoms with Gasteiger partial charge in [-0.25, -0.2) is 0 Å². The van der Waals surface area contributed by atoms with Crippen LogP contribution in [0.3, 0.4) is 0 Å². The highest BCUT2D eigenvalue weighted by atomic mass is 16.3. The molecule has 2 N–H and O–H groups in total. The predicted octanol–water partition coefficient (Wildman–Crippen LogP) is 1.84. The van der Waals surface area contributed by atoms with Gasteiger partial charge in [-0.3, -0.25) is 0 Å². The molecular formula is C11H19NO2.